The highest BCUT2D eigenvalue weighted by atomic mass is 79.9. The lowest BCUT2D eigenvalue weighted by Crippen LogP contribution is -2.52. The second-order valence-corrected chi connectivity index (χ2v) is 10.8. The molecule has 0 aliphatic carbocycles. The Labute approximate surface area is 170 Å². The first kappa shape index (κ1) is 20.2. The number of carbonyl (C=O) groups excluding carboxylic acids is 1. The minimum Gasteiger partial charge on any atom is -0.334 e. The van der Waals surface area contributed by atoms with Crippen molar-refractivity contribution >= 4 is 43.3 Å². The van der Waals surface area contributed by atoms with Crippen LogP contribution in [0.25, 0.3) is 0 Å². The zero-order valence-electron chi connectivity index (χ0n) is 14.6. The summed E-state index contributed by atoms with van der Waals surface area (Å²) in [5.74, 6) is -0.305. The van der Waals surface area contributed by atoms with Gasteiger partial charge in [0.15, 0.2) is 0 Å². The lowest BCUT2D eigenvalue weighted by atomic mass is 10.1. The van der Waals surface area contributed by atoms with Gasteiger partial charge in [0.05, 0.1) is 3.79 Å². The molecule has 0 spiro atoms. The smallest absolute Gasteiger partial charge is 0.317 e. The number of carbonyl (C=O) groups is 1. The number of nitrogens with one attached hydrogen (secondary N) is 1. The van der Waals surface area contributed by atoms with E-state index in [0.717, 1.165) is 3.79 Å². The number of hydrogen-bond acceptors (Lipinski definition) is 4. The van der Waals surface area contributed by atoms with E-state index in [2.05, 4.69) is 21.2 Å². The first-order chi connectivity index (χ1) is 12.8. The van der Waals surface area contributed by atoms with Gasteiger partial charge in [0.2, 0.25) is 0 Å². The molecule has 1 aromatic heterocycles. The van der Waals surface area contributed by atoms with Crippen molar-refractivity contribution < 1.29 is 17.6 Å². The van der Waals surface area contributed by atoms with Crippen LogP contribution in [0.3, 0.4) is 0 Å². The second kappa shape index (κ2) is 8.26. The highest BCUT2D eigenvalue weighted by molar-refractivity contribution is 9.11. The fourth-order valence-corrected chi connectivity index (χ4v) is 6.32. The quantitative estimate of drug-likeness (QED) is 0.737. The van der Waals surface area contributed by atoms with Crippen molar-refractivity contribution in [2.24, 2.45) is 0 Å². The molecule has 146 valence electrons. The fraction of sp³-hybridized carbons (Fsp3) is 0.353. The molecule has 1 saturated heterocycles. The SMILES string of the molecule is Cc1ccc(CNC(=O)N2CCN(S(=O)(=O)c3ccc(Br)s3)CC2)cc1F. The first-order valence-electron chi connectivity index (χ1n) is 8.30. The standard InChI is InChI=1S/C17H19BrFN3O3S2/c1-12-2-3-13(10-14(12)19)11-20-17(23)21-6-8-22(9-7-21)27(24,25)16-5-4-15(18)26-16/h2-5,10H,6-9,11H2,1H3,(H,20,23). The van der Waals surface area contributed by atoms with Crippen molar-refractivity contribution in [2.75, 3.05) is 26.2 Å². The van der Waals surface area contributed by atoms with E-state index in [9.17, 15) is 17.6 Å². The Bertz CT molecular complexity index is 941. The number of rotatable bonds is 4. The Kier molecular flexibility index (Phi) is 6.19. The molecular formula is C17H19BrFN3O3S2. The maximum absolute atomic E-state index is 13.6. The van der Waals surface area contributed by atoms with Crippen molar-refractivity contribution in [3.8, 4) is 0 Å². The summed E-state index contributed by atoms with van der Waals surface area (Å²) in [6.45, 7) is 2.99. The van der Waals surface area contributed by atoms with E-state index in [4.69, 9.17) is 0 Å². The molecule has 0 saturated carbocycles. The minimum atomic E-state index is -3.53. The molecule has 2 heterocycles. The monoisotopic (exact) mass is 475 g/mol. The van der Waals surface area contributed by atoms with Crippen LogP contribution in [0.15, 0.2) is 38.3 Å². The number of amides is 2. The topological polar surface area (TPSA) is 69.7 Å². The van der Waals surface area contributed by atoms with Gasteiger partial charge in [-0.15, -0.1) is 11.3 Å². The lowest BCUT2D eigenvalue weighted by molar-refractivity contribution is 0.172. The number of benzene rings is 1. The molecule has 0 unspecified atom stereocenters. The number of urea groups is 1. The third-order valence-electron chi connectivity index (χ3n) is 4.35. The highest BCUT2D eigenvalue weighted by Gasteiger charge is 2.31. The van der Waals surface area contributed by atoms with Gasteiger partial charge in [-0.2, -0.15) is 4.31 Å². The third kappa shape index (κ3) is 4.68. The minimum absolute atomic E-state index is 0.220. The lowest BCUT2D eigenvalue weighted by Gasteiger charge is -2.33. The van der Waals surface area contributed by atoms with Crippen LogP contribution in [0, 0.1) is 12.7 Å². The number of hydrogen-bond donors (Lipinski definition) is 1. The molecule has 10 heteroatoms. The van der Waals surface area contributed by atoms with E-state index in [1.807, 2.05) is 0 Å². The zero-order chi connectivity index (χ0) is 19.6. The normalized spacial score (nSPS) is 15.7. The van der Waals surface area contributed by atoms with E-state index in [1.54, 1.807) is 36.1 Å². The Morgan fingerprint density at radius 2 is 1.93 bits per heavy atom. The Balaban J connectivity index is 1.54. The predicted molar refractivity (Wildman–Crippen MR) is 106 cm³/mol. The van der Waals surface area contributed by atoms with E-state index in [0.29, 0.717) is 24.2 Å². The van der Waals surface area contributed by atoms with Crippen LogP contribution >= 0.6 is 27.3 Å². The van der Waals surface area contributed by atoms with Crippen LogP contribution in [-0.4, -0.2) is 49.8 Å². The van der Waals surface area contributed by atoms with Gasteiger partial charge >= 0.3 is 6.03 Å². The molecule has 1 aliphatic heterocycles. The van der Waals surface area contributed by atoms with E-state index in [-0.39, 0.29) is 35.7 Å². The van der Waals surface area contributed by atoms with Crippen LogP contribution in [0.5, 0.6) is 0 Å². The van der Waals surface area contributed by atoms with E-state index < -0.39 is 10.0 Å². The molecule has 0 atom stereocenters. The highest BCUT2D eigenvalue weighted by Crippen LogP contribution is 2.28. The molecule has 0 radical (unpaired) electrons. The molecule has 1 aromatic carbocycles. The largest absolute Gasteiger partial charge is 0.334 e. The van der Waals surface area contributed by atoms with E-state index >= 15 is 0 Å². The molecule has 0 bridgehead atoms. The Morgan fingerprint density at radius 1 is 1.22 bits per heavy atom. The molecule has 27 heavy (non-hydrogen) atoms. The Morgan fingerprint density at radius 3 is 2.52 bits per heavy atom. The summed E-state index contributed by atoms with van der Waals surface area (Å²) < 4.78 is 41.2. The molecule has 2 amide bonds. The van der Waals surface area contributed by atoms with Crippen molar-refractivity contribution in [2.45, 2.75) is 17.7 Å². The first-order valence-corrected chi connectivity index (χ1v) is 11.4. The average molecular weight is 476 g/mol. The van der Waals surface area contributed by atoms with Gasteiger partial charge in [-0.25, -0.2) is 17.6 Å². The van der Waals surface area contributed by atoms with Crippen molar-refractivity contribution in [1.29, 1.82) is 0 Å². The van der Waals surface area contributed by atoms with Gasteiger partial charge in [-0.05, 0) is 52.2 Å². The summed E-state index contributed by atoms with van der Waals surface area (Å²) in [5.41, 5.74) is 1.23. The van der Waals surface area contributed by atoms with Crippen molar-refractivity contribution in [3.05, 3.63) is 51.1 Å². The predicted octanol–water partition coefficient (Wildman–Crippen LogP) is 3.17. The van der Waals surface area contributed by atoms with Crippen LogP contribution in [0.1, 0.15) is 11.1 Å². The number of piperazine rings is 1. The second-order valence-electron chi connectivity index (χ2n) is 6.19. The van der Waals surface area contributed by atoms with Crippen molar-refractivity contribution in [1.82, 2.24) is 14.5 Å². The summed E-state index contributed by atoms with van der Waals surface area (Å²) in [5, 5.41) is 2.75. The molecule has 1 fully saturated rings. The van der Waals surface area contributed by atoms with Gasteiger partial charge in [-0.1, -0.05) is 12.1 Å². The number of sulfonamides is 1. The van der Waals surface area contributed by atoms with Gasteiger partial charge in [-0.3, -0.25) is 0 Å². The number of aryl methyl sites for hydroxylation is 1. The van der Waals surface area contributed by atoms with Crippen LogP contribution in [0.4, 0.5) is 9.18 Å². The molecule has 3 rings (SSSR count). The van der Waals surface area contributed by atoms with Crippen molar-refractivity contribution in [3.63, 3.8) is 0 Å². The average Bonchev–Trinajstić information content (AvgIpc) is 3.10. The van der Waals surface area contributed by atoms with Gasteiger partial charge in [0.25, 0.3) is 10.0 Å². The maximum Gasteiger partial charge on any atom is 0.317 e. The van der Waals surface area contributed by atoms with Crippen LogP contribution < -0.4 is 5.32 Å². The zero-order valence-corrected chi connectivity index (χ0v) is 17.8. The van der Waals surface area contributed by atoms with Crippen LogP contribution in [-0.2, 0) is 16.6 Å². The Hall–Kier alpha value is -1.49. The summed E-state index contributed by atoms with van der Waals surface area (Å²) in [7, 11) is -3.53. The van der Waals surface area contributed by atoms with E-state index in [1.165, 1.54) is 21.7 Å². The summed E-state index contributed by atoms with van der Waals surface area (Å²) in [6, 6.07) is 7.83. The number of thiophene rings is 1. The molecule has 1 N–H and O–H groups in total. The van der Waals surface area contributed by atoms with Gasteiger partial charge in [0, 0.05) is 32.7 Å². The molecule has 6 nitrogen and oxygen atoms in total. The number of nitrogens with zero attached hydrogens (tertiary/aromatic N) is 2. The maximum atomic E-state index is 13.6. The van der Waals surface area contributed by atoms with Gasteiger partial charge < -0.3 is 10.2 Å². The summed E-state index contributed by atoms with van der Waals surface area (Å²) >= 11 is 4.44. The molecule has 1 aliphatic rings. The van der Waals surface area contributed by atoms with Crippen LogP contribution in [0.2, 0.25) is 0 Å². The number of halogens is 2. The molecular weight excluding hydrogens is 457 g/mol. The summed E-state index contributed by atoms with van der Waals surface area (Å²) in [6.07, 6.45) is 0. The fourth-order valence-electron chi connectivity index (χ4n) is 2.73. The third-order valence-corrected chi connectivity index (χ3v) is 8.34. The van der Waals surface area contributed by atoms with Gasteiger partial charge in [0.1, 0.15) is 10.0 Å². The molecule has 2 aromatic rings. The summed E-state index contributed by atoms with van der Waals surface area (Å²) in [4.78, 5) is 13.9.